The van der Waals surface area contributed by atoms with Gasteiger partial charge in [-0.3, -0.25) is 0 Å². The Morgan fingerprint density at radius 3 is 1.85 bits per heavy atom. The summed E-state index contributed by atoms with van der Waals surface area (Å²) in [5.41, 5.74) is 16.3. The molecule has 10 aromatic carbocycles. The Kier molecular flexibility index (Phi) is 8.42. The molecule has 65 heavy (non-hydrogen) atoms. The van der Waals surface area contributed by atoms with Crippen LogP contribution < -0.4 is 4.90 Å². The number of para-hydroxylation sites is 2. The van der Waals surface area contributed by atoms with Gasteiger partial charge in [0.25, 0.3) is 0 Å². The van der Waals surface area contributed by atoms with Crippen LogP contribution in [0.2, 0.25) is 0 Å². The normalized spacial score (nSPS) is 15.2. The van der Waals surface area contributed by atoms with E-state index in [2.05, 4.69) is 248 Å². The summed E-state index contributed by atoms with van der Waals surface area (Å²) in [5, 5.41) is 10.2. The smallest absolute Gasteiger partial charge is 0.0626 e. The molecule has 11 aromatic rings. The van der Waals surface area contributed by atoms with E-state index in [0.717, 1.165) is 23.5 Å². The zero-order chi connectivity index (χ0) is 43.2. The SMILES string of the molecule is CC1(C)c2ccccc2-c2ccc(N(c3ccccc3)c3ccc(-c4cc5c6ccccc6c6c(c7ccccc7n6C6=CCC(c7ccccc7)C=C6)c5c5ccccc45)cc3)cc21. The van der Waals surface area contributed by atoms with Gasteiger partial charge in [-0.1, -0.05) is 184 Å². The van der Waals surface area contributed by atoms with Crippen molar-refractivity contribution in [3.63, 3.8) is 0 Å². The van der Waals surface area contributed by atoms with Crippen molar-refractivity contribution in [2.24, 2.45) is 0 Å². The molecule has 0 fully saturated rings. The first-order chi connectivity index (χ1) is 32.0. The molecule has 0 amide bonds. The minimum Gasteiger partial charge on any atom is -0.310 e. The first kappa shape index (κ1) is 37.6. The van der Waals surface area contributed by atoms with Gasteiger partial charge in [-0.15, -0.1) is 0 Å². The maximum Gasteiger partial charge on any atom is 0.0626 e. The summed E-state index contributed by atoms with van der Waals surface area (Å²) in [7, 11) is 0. The fraction of sp³-hybridized carbons (Fsp3) is 0.0794. The van der Waals surface area contributed by atoms with Crippen LogP contribution in [0.15, 0.2) is 224 Å². The van der Waals surface area contributed by atoms with Crippen molar-refractivity contribution in [3.05, 3.63) is 241 Å². The van der Waals surface area contributed by atoms with Crippen LogP contribution in [0, 0.1) is 0 Å². The van der Waals surface area contributed by atoms with Crippen LogP contribution >= 0.6 is 0 Å². The molecule has 2 nitrogen and oxygen atoms in total. The average Bonchev–Trinajstić information content (AvgIpc) is 3.83. The van der Waals surface area contributed by atoms with Crippen molar-refractivity contribution >= 4 is 76.9 Å². The lowest BCUT2D eigenvalue weighted by Crippen LogP contribution is -2.16. The lowest BCUT2D eigenvalue weighted by molar-refractivity contribution is 0.660. The maximum atomic E-state index is 2.53. The highest BCUT2D eigenvalue weighted by molar-refractivity contribution is 6.38. The van der Waals surface area contributed by atoms with Crippen molar-refractivity contribution in [3.8, 4) is 22.3 Å². The predicted octanol–water partition coefficient (Wildman–Crippen LogP) is 17.3. The van der Waals surface area contributed by atoms with Crippen molar-refractivity contribution in [2.45, 2.75) is 31.6 Å². The molecule has 13 rings (SSSR count). The molecule has 0 saturated heterocycles. The fourth-order valence-corrected chi connectivity index (χ4v) is 11.4. The number of allylic oxidation sites excluding steroid dienone is 4. The fourth-order valence-electron chi connectivity index (χ4n) is 11.4. The molecular formula is C63H46N2. The number of benzene rings is 10. The summed E-state index contributed by atoms with van der Waals surface area (Å²) < 4.78 is 2.53. The predicted molar refractivity (Wildman–Crippen MR) is 277 cm³/mol. The van der Waals surface area contributed by atoms with E-state index in [1.54, 1.807) is 0 Å². The third-order valence-electron chi connectivity index (χ3n) is 14.5. The molecule has 2 heteroatoms. The molecule has 0 aliphatic heterocycles. The van der Waals surface area contributed by atoms with Crippen LogP contribution in [0.5, 0.6) is 0 Å². The zero-order valence-electron chi connectivity index (χ0n) is 36.5. The molecule has 0 N–H and O–H groups in total. The van der Waals surface area contributed by atoms with Gasteiger partial charge in [-0.05, 0) is 122 Å². The van der Waals surface area contributed by atoms with Gasteiger partial charge in [0.05, 0.1) is 11.0 Å². The number of fused-ring (bicyclic) bond motifs is 13. The van der Waals surface area contributed by atoms with Gasteiger partial charge >= 0.3 is 0 Å². The molecule has 1 atom stereocenters. The summed E-state index contributed by atoms with van der Waals surface area (Å²) in [4.78, 5) is 2.40. The summed E-state index contributed by atoms with van der Waals surface area (Å²) in [6.45, 7) is 4.71. The minimum atomic E-state index is -0.0909. The Balaban J connectivity index is 0.981. The molecule has 1 aromatic heterocycles. The third kappa shape index (κ3) is 5.73. The van der Waals surface area contributed by atoms with E-state index < -0.39 is 0 Å². The van der Waals surface area contributed by atoms with Gasteiger partial charge in [0.2, 0.25) is 0 Å². The second-order valence-electron chi connectivity index (χ2n) is 18.4. The second kappa shape index (κ2) is 14.6. The van der Waals surface area contributed by atoms with Crippen LogP contribution in [-0.2, 0) is 5.41 Å². The number of hydrogen-bond acceptors (Lipinski definition) is 1. The van der Waals surface area contributed by atoms with Crippen LogP contribution in [-0.4, -0.2) is 4.57 Å². The second-order valence-corrected chi connectivity index (χ2v) is 18.4. The summed E-state index contributed by atoms with van der Waals surface area (Å²) in [6.07, 6.45) is 8.15. The van der Waals surface area contributed by atoms with Crippen LogP contribution in [0.25, 0.3) is 82.1 Å². The van der Waals surface area contributed by atoms with E-state index in [1.165, 1.54) is 98.8 Å². The Bertz CT molecular complexity index is 3760. The molecule has 0 saturated carbocycles. The van der Waals surface area contributed by atoms with Crippen molar-refractivity contribution in [1.29, 1.82) is 0 Å². The number of nitrogens with zero attached hydrogens (tertiary/aromatic N) is 2. The van der Waals surface area contributed by atoms with E-state index in [0.29, 0.717) is 5.92 Å². The zero-order valence-corrected chi connectivity index (χ0v) is 36.5. The summed E-state index contributed by atoms with van der Waals surface area (Å²) in [6, 6.07) is 76.4. The van der Waals surface area contributed by atoms with E-state index in [9.17, 15) is 0 Å². The molecule has 2 aliphatic rings. The standard InChI is InChI=1S/C63H46N2/c1-63(2)57-27-15-13-23-50(57)51-38-37-47(39-58(51)63)64(44-19-7-4-8-20-44)45-35-31-43(32-36-45)55-40-56-49-22-10-12-25-53(49)62-61(60(56)52-24-11-9-21-48(52)55)54-26-14-16-28-59(54)65(62)46-33-29-42(30-34-46)41-17-5-3-6-18-41/h3-29,31-40,42H,30H2,1-2H3. The van der Waals surface area contributed by atoms with Gasteiger partial charge in [0.1, 0.15) is 0 Å². The first-order valence-corrected chi connectivity index (χ1v) is 23.0. The Labute approximate surface area is 379 Å². The largest absolute Gasteiger partial charge is 0.310 e. The summed E-state index contributed by atoms with van der Waals surface area (Å²) in [5.74, 6) is 0.369. The van der Waals surface area contributed by atoms with Crippen molar-refractivity contribution in [2.75, 3.05) is 4.90 Å². The highest BCUT2D eigenvalue weighted by Crippen LogP contribution is 2.51. The van der Waals surface area contributed by atoms with Gasteiger partial charge in [-0.2, -0.15) is 0 Å². The third-order valence-corrected chi connectivity index (χ3v) is 14.5. The highest BCUT2D eigenvalue weighted by atomic mass is 15.1. The molecule has 0 spiro atoms. The Morgan fingerprint density at radius 2 is 1.08 bits per heavy atom. The number of rotatable bonds is 6. The van der Waals surface area contributed by atoms with E-state index >= 15 is 0 Å². The van der Waals surface area contributed by atoms with Crippen LogP contribution in [0.4, 0.5) is 17.1 Å². The topological polar surface area (TPSA) is 8.17 Å². The molecule has 1 unspecified atom stereocenters. The van der Waals surface area contributed by atoms with Gasteiger partial charge in [0.15, 0.2) is 0 Å². The highest BCUT2D eigenvalue weighted by Gasteiger charge is 2.36. The van der Waals surface area contributed by atoms with E-state index in [4.69, 9.17) is 0 Å². The molecule has 0 radical (unpaired) electrons. The van der Waals surface area contributed by atoms with E-state index in [-0.39, 0.29) is 5.41 Å². The van der Waals surface area contributed by atoms with Crippen LogP contribution in [0.1, 0.15) is 42.9 Å². The molecule has 0 bridgehead atoms. The van der Waals surface area contributed by atoms with E-state index in [1.807, 2.05) is 0 Å². The van der Waals surface area contributed by atoms with Crippen LogP contribution in [0.3, 0.4) is 0 Å². The molecular weight excluding hydrogens is 785 g/mol. The first-order valence-electron chi connectivity index (χ1n) is 23.0. The van der Waals surface area contributed by atoms with Crippen molar-refractivity contribution < 1.29 is 0 Å². The Morgan fingerprint density at radius 1 is 0.462 bits per heavy atom. The molecule has 2 aliphatic carbocycles. The maximum absolute atomic E-state index is 2.53. The van der Waals surface area contributed by atoms with Crippen molar-refractivity contribution in [1.82, 2.24) is 4.57 Å². The van der Waals surface area contributed by atoms with Gasteiger partial charge in [-0.25, -0.2) is 0 Å². The lowest BCUT2D eigenvalue weighted by Gasteiger charge is -2.28. The Hall–Kier alpha value is -7.94. The molecule has 1 heterocycles. The summed E-state index contributed by atoms with van der Waals surface area (Å²) >= 11 is 0. The quantitative estimate of drug-likeness (QED) is 0.152. The monoisotopic (exact) mass is 830 g/mol. The number of hydrogen-bond donors (Lipinski definition) is 0. The molecule has 308 valence electrons. The average molecular weight is 831 g/mol. The number of aromatic nitrogens is 1. The minimum absolute atomic E-state index is 0.0909. The lowest BCUT2D eigenvalue weighted by atomic mass is 9.82. The van der Waals surface area contributed by atoms with Gasteiger partial charge < -0.3 is 9.47 Å². The number of anilines is 3. The van der Waals surface area contributed by atoms with Gasteiger partial charge in [0, 0.05) is 55.6 Å².